The molecule has 2 rings (SSSR count). The van der Waals surface area contributed by atoms with Gasteiger partial charge in [0.1, 0.15) is 5.82 Å². The number of hydrogen-bond acceptors (Lipinski definition) is 3. The maximum absolute atomic E-state index is 4.47. The first-order valence-corrected chi connectivity index (χ1v) is 5.64. The number of nitrogens with zero attached hydrogens (tertiary/aromatic N) is 2. The molecule has 0 amide bonds. The number of piperidine rings is 1. The van der Waals surface area contributed by atoms with Gasteiger partial charge < -0.3 is 10.2 Å². The standard InChI is InChI=1S/C12H19N3/c1-10-5-6-12(14-8-10)15-7-3-4-11(9-15)13-2/h5-6,8,11,13H,3-4,7,9H2,1-2H3. The first-order valence-electron chi connectivity index (χ1n) is 5.64. The molecule has 0 spiro atoms. The number of pyridine rings is 1. The second-order valence-electron chi connectivity index (χ2n) is 4.27. The largest absolute Gasteiger partial charge is 0.355 e. The van der Waals surface area contributed by atoms with E-state index in [-0.39, 0.29) is 0 Å². The van der Waals surface area contributed by atoms with E-state index < -0.39 is 0 Å². The van der Waals surface area contributed by atoms with Crippen LogP contribution in [0, 0.1) is 6.92 Å². The summed E-state index contributed by atoms with van der Waals surface area (Å²) < 4.78 is 0. The summed E-state index contributed by atoms with van der Waals surface area (Å²) in [5.41, 5.74) is 1.22. The van der Waals surface area contributed by atoms with Crippen LogP contribution in [0.3, 0.4) is 0 Å². The fourth-order valence-electron chi connectivity index (χ4n) is 2.07. The normalized spacial score (nSPS) is 21.7. The Morgan fingerprint density at radius 1 is 1.47 bits per heavy atom. The van der Waals surface area contributed by atoms with E-state index in [1.54, 1.807) is 0 Å². The number of hydrogen-bond donors (Lipinski definition) is 1. The van der Waals surface area contributed by atoms with Crippen LogP contribution in [0.25, 0.3) is 0 Å². The maximum Gasteiger partial charge on any atom is 0.128 e. The Kier molecular flexibility index (Phi) is 3.21. The van der Waals surface area contributed by atoms with Crippen LogP contribution in [0.1, 0.15) is 18.4 Å². The highest BCUT2D eigenvalue weighted by Gasteiger charge is 2.18. The Morgan fingerprint density at radius 2 is 2.33 bits per heavy atom. The molecule has 1 aliphatic rings. The van der Waals surface area contributed by atoms with Crippen molar-refractivity contribution < 1.29 is 0 Å². The zero-order chi connectivity index (χ0) is 10.7. The van der Waals surface area contributed by atoms with E-state index in [9.17, 15) is 0 Å². The molecular formula is C12H19N3. The summed E-state index contributed by atoms with van der Waals surface area (Å²) in [5.74, 6) is 1.11. The van der Waals surface area contributed by atoms with Gasteiger partial charge in [0, 0.05) is 25.3 Å². The first-order chi connectivity index (χ1) is 7.29. The van der Waals surface area contributed by atoms with Crippen LogP contribution >= 0.6 is 0 Å². The fraction of sp³-hybridized carbons (Fsp3) is 0.583. The number of anilines is 1. The lowest BCUT2D eigenvalue weighted by molar-refractivity contribution is 0.447. The maximum atomic E-state index is 4.47. The molecule has 3 heteroatoms. The molecule has 1 saturated heterocycles. The molecule has 82 valence electrons. The molecule has 2 heterocycles. The van der Waals surface area contributed by atoms with Gasteiger partial charge in [-0.3, -0.25) is 0 Å². The minimum atomic E-state index is 0.613. The highest BCUT2D eigenvalue weighted by molar-refractivity contribution is 5.39. The van der Waals surface area contributed by atoms with Crippen LogP contribution in [0.2, 0.25) is 0 Å². The second kappa shape index (κ2) is 4.62. The van der Waals surface area contributed by atoms with Crippen LogP contribution < -0.4 is 10.2 Å². The SMILES string of the molecule is CNC1CCCN(c2ccc(C)cn2)C1. The van der Waals surface area contributed by atoms with Crippen molar-refractivity contribution in [1.29, 1.82) is 0 Å². The average molecular weight is 205 g/mol. The van der Waals surface area contributed by atoms with Gasteiger partial charge in [0.15, 0.2) is 0 Å². The van der Waals surface area contributed by atoms with Crippen LogP contribution in [0.4, 0.5) is 5.82 Å². The fourth-order valence-corrected chi connectivity index (χ4v) is 2.07. The third kappa shape index (κ3) is 2.48. The van der Waals surface area contributed by atoms with E-state index in [4.69, 9.17) is 0 Å². The molecule has 1 unspecified atom stereocenters. The van der Waals surface area contributed by atoms with E-state index in [1.807, 2.05) is 13.2 Å². The molecule has 3 nitrogen and oxygen atoms in total. The lowest BCUT2D eigenvalue weighted by Crippen LogP contribution is -2.44. The van der Waals surface area contributed by atoms with Crippen molar-refractivity contribution in [2.45, 2.75) is 25.8 Å². The Hall–Kier alpha value is -1.09. The number of aryl methyl sites for hydroxylation is 1. The Labute approximate surface area is 91.5 Å². The molecule has 1 fully saturated rings. The summed E-state index contributed by atoms with van der Waals surface area (Å²) in [6.45, 7) is 4.28. The number of aromatic nitrogens is 1. The van der Waals surface area contributed by atoms with E-state index in [2.05, 4.69) is 34.3 Å². The topological polar surface area (TPSA) is 28.2 Å². The van der Waals surface area contributed by atoms with E-state index in [1.165, 1.54) is 18.4 Å². The predicted molar refractivity (Wildman–Crippen MR) is 63.3 cm³/mol. The van der Waals surface area contributed by atoms with Crippen molar-refractivity contribution >= 4 is 5.82 Å². The van der Waals surface area contributed by atoms with Crippen LogP contribution in [-0.4, -0.2) is 31.2 Å². The van der Waals surface area contributed by atoms with Crippen molar-refractivity contribution in [3.8, 4) is 0 Å². The average Bonchev–Trinajstić information content (AvgIpc) is 2.30. The quantitative estimate of drug-likeness (QED) is 0.794. The summed E-state index contributed by atoms with van der Waals surface area (Å²) >= 11 is 0. The third-order valence-electron chi connectivity index (χ3n) is 3.05. The van der Waals surface area contributed by atoms with Crippen molar-refractivity contribution in [3.63, 3.8) is 0 Å². The van der Waals surface area contributed by atoms with Crippen LogP contribution in [-0.2, 0) is 0 Å². The van der Waals surface area contributed by atoms with Gasteiger partial charge in [-0.05, 0) is 38.4 Å². The zero-order valence-corrected chi connectivity index (χ0v) is 9.53. The summed E-state index contributed by atoms with van der Waals surface area (Å²) in [5, 5.41) is 3.35. The van der Waals surface area contributed by atoms with Gasteiger partial charge in [0.2, 0.25) is 0 Å². The number of nitrogens with one attached hydrogen (secondary N) is 1. The zero-order valence-electron chi connectivity index (χ0n) is 9.53. The number of likely N-dealkylation sites (N-methyl/N-ethyl adjacent to an activating group) is 1. The van der Waals surface area contributed by atoms with Crippen molar-refractivity contribution in [2.75, 3.05) is 25.0 Å². The smallest absolute Gasteiger partial charge is 0.128 e. The van der Waals surface area contributed by atoms with Gasteiger partial charge in [-0.2, -0.15) is 0 Å². The highest BCUT2D eigenvalue weighted by atomic mass is 15.2. The molecular weight excluding hydrogens is 186 g/mol. The van der Waals surface area contributed by atoms with E-state index >= 15 is 0 Å². The van der Waals surface area contributed by atoms with Gasteiger partial charge >= 0.3 is 0 Å². The third-order valence-corrected chi connectivity index (χ3v) is 3.05. The van der Waals surface area contributed by atoms with Gasteiger partial charge in [-0.1, -0.05) is 6.07 Å². The predicted octanol–water partition coefficient (Wildman–Crippen LogP) is 1.58. The molecule has 1 aromatic rings. The molecule has 0 saturated carbocycles. The first kappa shape index (κ1) is 10.4. The molecule has 0 radical (unpaired) electrons. The minimum Gasteiger partial charge on any atom is -0.355 e. The lowest BCUT2D eigenvalue weighted by Gasteiger charge is -2.33. The second-order valence-corrected chi connectivity index (χ2v) is 4.27. The summed E-state index contributed by atoms with van der Waals surface area (Å²) in [6.07, 6.45) is 4.47. The van der Waals surface area contributed by atoms with E-state index in [0.717, 1.165) is 18.9 Å². The Morgan fingerprint density at radius 3 is 3.00 bits per heavy atom. The van der Waals surface area contributed by atoms with Crippen LogP contribution in [0.5, 0.6) is 0 Å². The Bertz CT molecular complexity index is 307. The minimum absolute atomic E-state index is 0.613. The van der Waals surface area contributed by atoms with Gasteiger partial charge in [-0.25, -0.2) is 4.98 Å². The van der Waals surface area contributed by atoms with Crippen molar-refractivity contribution in [1.82, 2.24) is 10.3 Å². The Balaban J connectivity index is 2.06. The van der Waals surface area contributed by atoms with Crippen molar-refractivity contribution in [3.05, 3.63) is 23.9 Å². The lowest BCUT2D eigenvalue weighted by atomic mass is 10.1. The summed E-state index contributed by atoms with van der Waals surface area (Å²) in [4.78, 5) is 6.83. The van der Waals surface area contributed by atoms with Gasteiger partial charge in [0.25, 0.3) is 0 Å². The molecule has 0 bridgehead atoms. The molecule has 15 heavy (non-hydrogen) atoms. The molecule has 1 atom stereocenters. The molecule has 0 aromatic carbocycles. The van der Waals surface area contributed by atoms with Gasteiger partial charge in [0.05, 0.1) is 0 Å². The monoisotopic (exact) mass is 205 g/mol. The van der Waals surface area contributed by atoms with E-state index in [0.29, 0.717) is 6.04 Å². The number of rotatable bonds is 2. The molecule has 1 aromatic heterocycles. The van der Waals surface area contributed by atoms with Crippen LogP contribution in [0.15, 0.2) is 18.3 Å². The van der Waals surface area contributed by atoms with Crippen molar-refractivity contribution in [2.24, 2.45) is 0 Å². The summed E-state index contributed by atoms with van der Waals surface area (Å²) in [6, 6.07) is 4.86. The van der Waals surface area contributed by atoms with Gasteiger partial charge in [-0.15, -0.1) is 0 Å². The molecule has 1 N–H and O–H groups in total. The molecule has 0 aliphatic carbocycles. The highest BCUT2D eigenvalue weighted by Crippen LogP contribution is 2.17. The summed E-state index contributed by atoms with van der Waals surface area (Å²) in [7, 11) is 2.04. The molecule has 1 aliphatic heterocycles.